The lowest BCUT2D eigenvalue weighted by Gasteiger charge is -2.34. The van der Waals surface area contributed by atoms with Crippen molar-refractivity contribution in [1.82, 2.24) is 10.2 Å². The molecule has 1 aliphatic heterocycles. The molecule has 1 heterocycles. The van der Waals surface area contributed by atoms with Crippen LogP contribution in [0.25, 0.3) is 6.08 Å². The first-order chi connectivity index (χ1) is 14.9. The minimum atomic E-state index is -4.38. The number of methoxy groups -OCH3 is 1. The molecular formula is C23H25F3N2O3. The van der Waals surface area contributed by atoms with Crippen LogP contribution in [0, 0.1) is 0 Å². The van der Waals surface area contributed by atoms with Crippen molar-refractivity contribution in [3.8, 4) is 5.75 Å². The minimum absolute atomic E-state index is 0.0294. The van der Waals surface area contributed by atoms with Crippen molar-refractivity contribution in [3.05, 3.63) is 71.3 Å². The van der Waals surface area contributed by atoms with Crippen molar-refractivity contribution in [2.24, 2.45) is 0 Å². The number of benzene rings is 2. The maximum absolute atomic E-state index is 12.6. The smallest absolute Gasteiger partial charge is 0.416 e. The van der Waals surface area contributed by atoms with Crippen LogP contribution in [0.4, 0.5) is 13.2 Å². The van der Waals surface area contributed by atoms with Gasteiger partial charge in [-0.1, -0.05) is 24.3 Å². The maximum atomic E-state index is 12.6. The molecule has 3 rings (SSSR count). The molecular weight excluding hydrogens is 409 g/mol. The maximum Gasteiger partial charge on any atom is 0.416 e. The molecule has 0 saturated carbocycles. The minimum Gasteiger partial charge on any atom is -0.497 e. The van der Waals surface area contributed by atoms with Crippen LogP contribution in [0.5, 0.6) is 5.75 Å². The molecule has 1 saturated heterocycles. The molecule has 31 heavy (non-hydrogen) atoms. The second kappa shape index (κ2) is 10.5. The van der Waals surface area contributed by atoms with Gasteiger partial charge in [-0.2, -0.15) is 13.2 Å². The van der Waals surface area contributed by atoms with Crippen molar-refractivity contribution < 1.29 is 27.4 Å². The van der Waals surface area contributed by atoms with Gasteiger partial charge in [-0.25, -0.2) is 0 Å². The van der Waals surface area contributed by atoms with E-state index in [1.807, 2.05) is 24.3 Å². The summed E-state index contributed by atoms with van der Waals surface area (Å²) in [6.07, 6.45) is -1.56. The van der Waals surface area contributed by atoms with Crippen molar-refractivity contribution in [2.75, 3.05) is 40.0 Å². The molecule has 8 heteroatoms. The molecule has 0 bridgehead atoms. The Bertz CT molecular complexity index is 874. The van der Waals surface area contributed by atoms with Crippen LogP contribution in [-0.2, 0) is 15.7 Å². The molecule has 2 aromatic carbocycles. The summed E-state index contributed by atoms with van der Waals surface area (Å²) >= 11 is 0. The molecule has 0 aromatic heterocycles. The fourth-order valence-corrected chi connectivity index (χ4v) is 3.38. The normalized spacial score (nSPS) is 16.3. The molecule has 1 fully saturated rings. The van der Waals surface area contributed by atoms with E-state index in [2.05, 4.69) is 10.2 Å². The lowest BCUT2D eigenvalue weighted by Crippen LogP contribution is -2.43. The summed E-state index contributed by atoms with van der Waals surface area (Å²) in [5.41, 5.74) is 0.847. The monoisotopic (exact) mass is 434 g/mol. The number of rotatable bonds is 7. The van der Waals surface area contributed by atoms with Crippen molar-refractivity contribution >= 4 is 12.0 Å². The van der Waals surface area contributed by atoms with Crippen LogP contribution in [0.3, 0.4) is 0 Å². The number of carbonyl (C=O) groups excluding carboxylic acids is 1. The number of hydrogen-bond donors (Lipinski definition) is 1. The van der Waals surface area contributed by atoms with E-state index in [4.69, 9.17) is 9.47 Å². The second-order valence-electron chi connectivity index (χ2n) is 7.14. The van der Waals surface area contributed by atoms with Crippen molar-refractivity contribution in [1.29, 1.82) is 0 Å². The highest BCUT2D eigenvalue weighted by molar-refractivity contribution is 5.91. The lowest BCUT2D eigenvalue weighted by molar-refractivity contribution is -0.137. The fraction of sp³-hybridized carbons (Fsp3) is 0.348. The molecule has 1 atom stereocenters. The first kappa shape index (κ1) is 22.8. The molecule has 0 aliphatic carbocycles. The highest BCUT2D eigenvalue weighted by Crippen LogP contribution is 2.29. The number of amides is 1. The predicted molar refractivity (Wildman–Crippen MR) is 112 cm³/mol. The average Bonchev–Trinajstić information content (AvgIpc) is 2.78. The number of hydrogen-bond acceptors (Lipinski definition) is 4. The van der Waals surface area contributed by atoms with Gasteiger partial charge in [-0.3, -0.25) is 9.69 Å². The standard InChI is InChI=1S/C23H25F3N2O3/c1-30-20-9-5-18(6-10-20)21(28-12-14-31-15-13-28)16-27-22(29)11-4-17-2-7-19(8-3-17)23(24,25)26/h2-11,21H,12-16H2,1H3,(H,27,29)/b11-4+. The summed E-state index contributed by atoms with van der Waals surface area (Å²) in [6.45, 7) is 3.17. The zero-order chi connectivity index (χ0) is 22.3. The third-order valence-electron chi connectivity index (χ3n) is 5.12. The van der Waals surface area contributed by atoms with E-state index in [-0.39, 0.29) is 11.9 Å². The Morgan fingerprint density at radius 2 is 1.77 bits per heavy atom. The second-order valence-corrected chi connectivity index (χ2v) is 7.14. The van der Waals surface area contributed by atoms with Gasteiger partial charge < -0.3 is 14.8 Å². The zero-order valence-electron chi connectivity index (χ0n) is 17.2. The topological polar surface area (TPSA) is 50.8 Å². The number of ether oxygens (including phenoxy) is 2. The van der Waals surface area contributed by atoms with Gasteiger partial charge in [0.25, 0.3) is 0 Å². The van der Waals surface area contributed by atoms with Crippen molar-refractivity contribution in [2.45, 2.75) is 12.2 Å². The quantitative estimate of drug-likeness (QED) is 0.672. The first-order valence-corrected chi connectivity index (χ1v) is 9.96. The van der Waals surface area contributed by atoms with Crippen LogP contribution in [0.15, 0.2) is 54.6 Å². The number of halogens is 3. The number of alkyl halides is 3. The van der Waals surface area contributed by atoms with Gasteiger partial charge in [0.15, 0.2) is 0 Å². The average molecular weight is 434 g/mol. The van der Waals surface area contributed by atoms with E-state index in [1.165, 1.54) is 24.3 Å². The summed E-state index contributed by atoms with van der Waals surface area (Å²) in [5.74, 6) is 0.444. The number of nitrogens with one attached hydrogen (secondary N) is 1. The Morgan fingerprint density at radius 1 is 1.13 bits per heavy atom. The highest BCUT2D eigenvalue weighted by atomic mass is 19.4. The third-order valence-corrected chi connectivity index (χ3v) is 5.12. The predicted octanol–water partition coefficient (Wildman–Crippen LogP) is 3.92. The molecule has 2 aromatic rings. The molecule has 0 radical (unpaired) electrons. The van der Waals surface area contributed by atoms with Crippen molar-refractivity contribution in [3.63, 3.8) is 0 Å². The summed E-state index contributed by atoms with van der Waals surface area (Å²) in [6, 6.07) is 12.3. The molecule has 1 unspecified atom stereocenters. The fourth-order valence-electron chi connectivity index (χ4n) is 3.38. The summed E-state index contributed by atoms with van der Waals surface area (Å²) in [7, 11) is 1.61. The van der Waals surface area contributed by atoms with Gasteiger partial charge in [-0.15, -0.1) is 0 Å². The number of carbonyl (C=O) groups is 1. The Hall–Kier alpha value is -2.84. The third kappa shape index (κ3) is 6.57. The molecule has 166 valence electrons. The summed E-state index contributed by atoms with van der Waals surface area (Å²) < 4.78 is 48.6. The number of morpholine rings is 1. The Kier molecular flexibility index (Phi) is 7.70. The van der Waals surface area contributed by atoms with Crippen LogP contribution in [-0.4, -0.2) is 50.8 Å². The molecule has 5 nitrogen and oxygen atoms in total. The Morgan fingerprint density at radius 3 is 2.35 bits per heavy atom. The van der Waals surface area contributed by atoms with Gasteiger partial charge in [0, 0.05) is 25.7 Å². The van der Waals surface area contributed by atoms with E-state index in [9.17, 15) is 18.0 Å². The highest BCUT2D eigenvalue weighted by Gasteiger charge is 2.29. The van der Waals surface area contributed by atoms with Gasteiger partial charge >= 0.3 is 6.18 Å². The lowest BCUT2D eigenvalue weighted by atomic mass is 10.0. The van der Waals surface area contributed by atoms with Gasteiger partial charge in [0.1, 0.15) is 5.75 Å². The SMILES string of the molecule is COc1ccc(C(CNC(=O)/C=C/c2ccc(C(F)(F)F)cc2)N2CCOCC2)cc1. The van der Waals surface area contributed by atoms with E-state index < -0.39 is 11.7 Å². The van der Waals surface area contributed by atoms with E-state index in [0.29, 0.717) is 25.3 Å². The van der Waals surface area contributed by atoms with E-state index in [0.717, 1.165) is 36.5 Å². The Balaban J connectivity index is 1.63. The van der Waals surface area contributed by atoms with E-state index >= 15 is 0 Å². The van der Waals surface area contributed by atoms with Crippen LogP contribution in [0.1, 0.15) is 22.7 Å². The molecule has 1 aliphatic rings. The summed E-state index contributed by atoms with van der Waals surface area (Å²) in [5, 5.41) is 2.89. The first-order valence-electron chi connectivity index (χ1n) is 9.96. The van der Waals surface area contributed by atoms with Gasteiger partial charge in [-0.05, 0) is 41.5 Å². The van der Waals surface area contributed by atoms with Gasteiger partial charge in [0.05, 0.1) is 31.9 Å². The molecule has 1 amide bonds. The summed E-state index contributed by atoms with van der Waals surface area (Å²) in [4.78, 5) is 14.6. The van der Waals surface area contributed by atoms with Crippen LogP contribution < -0.4 is 10.1 Å². The Labute approximate surface area is 179 Å². The molecule has 1 N–H and O–H groups in total. The van der Waals surface area contributed by atoms with Crippen LogP contribution >= 0.6 is 0 Å². The van der Waals surface area contributed by atoms with E-state index in [1.54, 1.807) is 7.11 Å². The molecule has 0 spiro atoms. The van der Waals surface area contributed by atoms with Gasteiger partial charge in [0.2, 0.25) is 5.91 Å². The largest absolute Gasteiger partial charge is 0.497 e. The number of nitrogens with zero attached hydrogens (tertiary/aromatic N) is 1. The zero-order valence-corrected chi connectivity index (χ0v) is 17.2. The van der Waals surface area contributed by atoms with Crippen LogP contribution in [0.2, 0.25) is 0 Å².